The van der Waals surface area contributed by atoms with E-state index in [-0.39, 0.29) is 47.6 Å². The fourth-order valence-corrected chi connectivity index (χ4v) is 4.95. The maximum Gasteiger partial charge on any atom is 0.415 e. The Morgan fingerprint density at radius 2 is 1.67 bits per heavy atom. The highest BCUT2D eigenvalue weighted by Gasteiger charge is 2.32. The zero-order chi connectivity index (χ0) is 32.7. The number of nitrogens with one attached hydrogen (secondary N) is 2. The fourth-order valence-electron chi connectivity index (χ4n) is 4.95. The van der Waals surface area contributed by atoms with Gasteiger partial charge in [-0.25, -0.2) is 28.7 Å². The minimum Gasteiger partial charge on any atom is -0.474 e. The van der Waals surface area contributed by atoms with Gasteiger partial charge in [-0.05, 0) is 90.8 Å². The molecule has 1 aliphatic heterocycles. The number of rotatable bonds is 4. The maximum absolute atomic E-state index is 16.5. The van der Waals surface area contributed by atoms with E-state index in [0.29, 0.717) is 22.2 Å². The van der Waals surface area contributed by atoms with Crippen LogP contribution in [0.3, 0.4) is 0 Å². The number of carbonyl (C=O) groups excluding carboxylic acids is 3. The van der Waals surface area contributed by atoms with Crippen LogP contribution in [-0.4, -0.2) is 58.7 Å². The average Bonchev–Trinajstić information content (AvgIpc) is 2.90. The molecular formula is C32H38FN5O7. The number of nitrogens with zero attached hydrogens (tertiary/aromatic N) is 3. The van der Waals surface area contributed by atoms with Gasteiger partial charge in [-0.1, -0.05) is 0 Å². The standard InChI is InChI=1S/C32H38FN5O7/c1-17-21(15-35-27-26(17)38(11-12-42-27)30(41)45-32(5,6)7)20-13-18-14-23(36-28(39)43-19-9-8-10-19)34-16-22(18)25(24(20)33)37-29(40)44-31(2,3)4/h13-16,19H,8-12H2,1-7H3,(H,37,40)(H,34,36,39). The van der Waals surface area contributed by atoms with Gasteiger partial charge in [0.05, 0.1) is 12.2 Å². The number of hydrogen-bond acceptors (Lipinski definition) is 9. The summed E-state index contributed by atoms with van der Waals surface area (Å²) in [6, 6.07) is 3.12. The van der Waals surface area contributed by atoms with Crippen molar-refractivity contribution in [2.75, 3.05) is 28.7 Å². The smallest absolute Gasteiger partial charge is 0.415 e. The van der Waals surface area contributed by atoms with Crippen LogP contribution in [0.25, 0.3) is 21.9 Å². The van der Waals surface area contributed by atoms with E-state index in [1.165, 1.54) is 17.3 Å². The predicted molar refractivity (Wildman–Crippen MR) is 166 cm³/mol. The normalized spacial score (nSPS) is 15.0. The highest BCUT2D eigenvalue weighted by atomic mass is 19.1. The molecule has 12 nitrogen and oxygen atoms in total. The van der Waals surface area contributed by atoms with Gasteiger partial charge in [0.2, 0.25) is 5.88 Å². The number of anilines is 3. The molecule has 2 N–H and O–H groups in total. The van der Waals surface area contributed by atoms with Gasteiger partial charge in [0.15, 0.2) is 5.82 Å². The first kappa shape index (κ1) is 31.7. The third-order valence-corrected chi connectivity index (χ3v) is 7.14. The van der Waals surface area contributed by atoms with Gasteiger partial charge in [0.1, 0.15) is 35.4 Å². The first-order valence-corrected chi connectivity index (χ1v) is 14.8. The first-order valence-electron chi connectivity index (χ1n) is 14.8. The lowest BCUT2D eigenvalue weighted by Gasteiger charge is -2.32. The predicted octanol–water partition coefficient (Wildman–Crippen LogP) is 7.33. The Hall–Kier alpha value is -4.68. The van der Waals surface area contributed by atoms with Gasteiger partial charge >= 0.3 is 18.3 Å². The second kappa shape index (κ2) is 12.0. The second-order valence-corrected chi connectivity index (χ2v) is 13.0. The molecule has 0 spiro atoms. The van der Waals surface area contributed by atoms with Crippen LogP contribution in [0.5, 0.6) is 5.88 Å². The summed E-state index contributed by atoms with van der Waals surface area (Å²) in [5.41, 5.74) is -0.487. The summed E-state index contributed by atoms with van der Waals surface area (Å²) in [5, 5.41) is 5.87. The topological polar surface area (TPSA) is 141 Å². The quantitative estimate of drug-likeness (QED) is 0.286. The van der Waals surface area contributed by atoms with Crippen molar-refractivity contribution in [1.29, 1.82) is 0 Å². The van der Waals surface area contributed by atoms with Crippen molar-refractivity contribution in [3.05, 3.63) is 35.9 Å². The van der Waals surface area contributed by atoms with E-state index in [4.69, 9.17) is 18.9 Å². The Labute approximate surface area is 260 Å². The number of ether oxygens (including phenoxy) is 4. The highest BCUT2D eigenvalue weighted by Crippen LogP contribution is 2.42. The zero-order valence-corrected chi connectivity index (χ0v) is 26.5. The lowest BCUT2D eigenvalue weighted by molar-refractivity contribution is 0.0564. The number of fused-ring (bicyclic) bond motifs is 2. The molecule has 13 heteroatoms. The number of hydrogen-bond donors (Lipinski definition) is 2. The molecule has 2 aliphatic rings. The van der Waals surface area contributed by atoms with E-state index in [9.17, 15) is 14.4 Å². The van der Waals surface area contributed by atoms with Gasteiger partial charge in [-0.2, -0.15) is 0 Å². The Bertz CT molecular complexity index is 1660. The van der Waals surface area contributed by atoms with Crippen molar-refractivity contribution in [2.45, 2.75) is 85.0 Å². The Morgan fingerprint density at radius 1 is 0.956 bits per heavy atom. The Kier molecular flexibility index (Phi) is 8.47. The largest absolute Gasteiger partial charge is 0.474 e. The number of benzene rings is 1. The van der Waals surface area contributed by atoms with Crippen molar-refractivity contribution in [2.24, 2.45) is 0 Å². The number of aromatic nitrogens is 2. The molecule has 3 heterocycles. The molecule has 0 bridgehead atoms. The zero-order valence-electron chi connectivity index (χ0n) is 26.5. The van der Waals surface area contributed by atoms with Crippen LogP contribution in [-0.2, 0) is 14.2 Å². The molecule has 1 saturated carbocycles. The molecule has 0 unspecified atom stereocenters. The van der Waals surface area contributed by atoms with Gasteiger partial charge in [-0.3, -0.25) is 15.5 Å². The summed E-state index contributed by atoms with van der Waals surface area (Å²) in [6.07, 6.45) is 3.21. The van der Waals surface area contributed by atoms with E-state index in [1.807, 2.05) is 0 Å². The minimum atomic E-state index is -0.865. The van der Waals surface area contributed by atoms with Crippen LogP contribution in [0.4, 0.5) is 36.0 Å². The van der Waals surface area contributed by atoms with Crippen LogP contribution >= 0.6 is 0 Å². The third kappa shape index (κ3) is 7.18. The first-order chi connectivity index (χ1) is 21.1. The number of carbonyl (C=O) groups is 3. The molecule has 0 radical (unpaired) electrons. The van der Waals surface area contributed by atoms with E-state index >= 15 is 4.39 Å². The molecule has 5 rings (SSSR count). The van der Waals surface area contributed by atoms with Gasteiger partial charge in [0, 0.05) is 28.9 Å². The van der Waals surface area contributed by atoms with Crippen molar-refractivity contribution < 1.29 is 37.7 Å². The van der Waals surface area contributed by atoms with E-state index in [2.05, 4.69) is 20.6 Å². The average molecular weight is 624 g/mol. The van der Waals surface area contributed by atoms with E-state index in [1.54, 1.807) is 60.6 Å². The molecule has 1 fully saturated rings. The maximum atomic E-state index is 16.5. The lowest BCUT2D eigenvalue weighted by Crippen LogP contribution is -2.42. The van der Waals surface area contributed by atoms with Crippen LogP contribution in [0.15, 0.2) is 24.5 Å². The summed E-state index contributed by atoms with van der Waals surface area (Å²) in [5.74, 6) is -0.384. The molecular weight excluding hydrogens is 585 g/mol. The summed E-state index contributed by atoms with van der Waals surface area (Å²) in [6.45, 7) is 12.5. The van der Waals surface area contributed by atoms with Gasteiger partial charge < -0.3 is 18.9 Å². The monoisotopic (exact) mass is 623 g/mol. The van der Waals surface area contributed by atoms with Crippen molar-refractivity contribution in [1.82, 2.24) is 9.97 Å². The van der Waals surface area contributed by atoms with Crippen molar-refractivity contribution >= 4 is 46.2 Å². The molecule has 240 valence electrons. The van der Waals surface area contributed by atoms with Crippen LogP contribution in [0.1, 0.15) is 66.4 Å². The van der Waals surface area contributed by atoms with E-state index < -0.39 is 35.3 Å². The molecule has 45 heavy (non-hydrogen) atoms. The lowest BCUT2D eigenvalue weighted by atomic mass is 9.96. The summed E-state index contributed by atoms with van der Waals surface area (Å²) < 4.78 is 38.6. The summed E-state index contributed by atoms with van der Waals surface area (Å²) in [7, 11) is 0. The van der Waals surface area contributed by atoms with Crippen molar-refractivity contribution in [3.63, 3.8) is 0 Å². The Balaban J connectivity index is 1.61. The Morgan fingerprint density at radius 3 is 2.31 bits per heavy atom. The molecule has 2 aromatic heterocycles. The molecule has 0 saturated heterocycles. The molecule has 1 aromatic carbocycles. The number of amides is 3. The minimum absolute atomic E-state index is 0.0743. The summed E-state index contributed by atoms with van der Waals surface area (Å²) in [4.78, 5) is 48.5. The molecule has 0 atom stereocenters. The summed E-state index contributed by atoms with van der Waals surface area (Å²) >= 11 is 0. The SMILES string of the molecule is Cc1c(-c2cc3cc(NC(=O)OC4CCC4)ncc3c(NC(=O)OC(C)(C)C)c2F)cnc2c1N(C(=O)OC(C)(C)C)CCO2. The van der Waals surface area contributed by atoms with E-state index in [0.717, 1.165) is 19.3 Å². The second-order valence-electron chi connectivity index (χ2n) is 13.0. The molecule has 1 aliphatic carbocycles. The fraction of sp³-hybridized carbons (Fsp3) is 0.469. The van der Waals surface area contributed by atoms with Gasteiger partial charge in [0.25, 0.3) is 0 Å². The highest BCUT2D eigenvalue weighted by molar-refractivity contribution is 6.05. The number of pyridine rings is 2. The van der Waals surface area contributed by atoms with Crippen LogP contribution in [0.2, 0.25) is 0 Å². The molecule has 3 aromatic rings. The van der Waals surface area contributed by atoms with Gasteiger partial charge in [-0.15, -0.1) is 0 Å². The third-order valence-electron chi connectivity index (χ3n) is 7.14. The van der Waals surface area contributed by atoms with Crippen LogP contribution in [0, 0.1) is 12.7 Å². The van der Waals surface area contributed by atoms with Crippen LogP contribution < -0.4 is 20.3 Å². The number of halogens is 1. The van der Waals surface area contributed by atoms with Crippen molar-refractivity contribution in [3.8, 4) is 17.0 Å². The molecule has 3 amide bonds.